The SMILES string of the molecule is CC(C)C(C)OCCCCCNC(C)(C)C. The number of hydrogen-bond acceptors (Lipinski definition) is 2. The van der Waals surface area contributed by atoms with E-state index in [4.69, 9.17) is 4.74 Å². The van der Waals surface area contributed by atoms with Gasteiger partial charge in [0.25, 0.3) is 0 Å². The summed E-state index contributed by atoms with van der Waals surface area (Å²) in [6.45, 7) is 15.2. The van der Waals surface area contributed by atoms with Gasteiger partial charge in [-0.05, 0) is 59.4 Å². The maximum Gasteiger partial charge on any atom is 0.0569 e. The highest BCUT2D eigenvalue weighted by atomic mass is 16.5. The van der Waals surface area contributed by atoms with E-state index in [0.29, 0.717) is 12.0 Å². The van der Waals surface area contributed by atoms with Gasteiger partial charge < -0.3 is 10.1 Å². The summed E-state index contributed by atoms with van der Waals surface area (Å²) >= 11 is 0. The summed E-state index contributed by atoms with van der Waals surface area (Å²) < 4.78 is 5.73. The van der Waals surface area contributed by atoms with Crippen LogP contribution >= 0.6 is 0 Å². The van der Waals surface area contributed by atoms with Crippen molar-refractivity contribution in [3.63, 3.8) is 0 Å². The predicted octanol–water partition coefficient (Wildman–Crippen LogP) is 3.61. The normalized spacial score (nSPS) is 14.4. The van der Waals surface area contributed by atoms with Crippen molar-refractivity contribution in [3.8, 4) is 0 Å². The number of nitrogens with one attached hydrogen (secondary N) is 1. The Morgan fingerprint density at radius 1 is 1.00 bits per heavy atom. The van der Waals surface area contributed by atoms with E-state index in [-0.39, 0.29) is 5.54 Å². The van der Waals surface area contributed by atoms with E-state index in [9.17, 15) is 0 Å². The summed E-state index contributed by atoms with van der Waals surface area (Å²) in [6, 6.07) is 0. The highest BCUT2D eigenvalue weighted by Gasteiger charge is 2.08. The van der Waals surface area contributed by atoms with Crippen LogP contribution in [0.5, 0.6) is 0 Å². The van der Waals surface area contributed by atoms with Crippen LogP contribution in [0.1, 0.15) is 60.8 Å². The molecule has 16 heavy (non-hydrogen) atoms. The Labute approximate surface area is 102 Å². The molecule has 0 bridgehead atoms. The van der Waals surface area contributed by atoms with Crippen molar-refractivity contribution in [3.05, 3.63) is 0 Å². The van der Waals surface area contributed by atoms with E-state index in [0.717, 1.165) is 13.2 Å². The van der Waals surface area contributed by atoms with Crippen molar-refractivity contribution < 1.29 is 4.74 Å². The summed E-state index contributed by atoms with van der Waals surface area (Å²) in [7, 11) is 0. The Bertz CT molecular complexity index is 161. The van der Waals surface area contributed by atoms with Crippen molar-refractivity contribution in [2.24, 2.45) is 5.92 Å². The van der Waals surface area contributed by atoms with Crippen molar-refractivity contribution >= 4 is 0 Å². The quantitative estimate of drug-likeness (QED) is 0.642. The van der Waals surface area contributed by atoms with Crippen molar-refractivity contribution in [1.29, 1.82) is 0 Å². The minimum absolute atomic E-state index is 0.253. The first-order chi connectivity index (χ1) is 7.33. The highest BCUT2D eigenvalue weighted by Crippen LogP contribution is 2.07. The Morgan fingerprint density at radius 2 is 1.62 bits per heavy atom. The standard InChI is InChI=1S/C14H31NO/c1-12(2)13(3)16-11-9-7-8-10-15-14(4,5)6/h12-13,15H,7-11H2,1-6H3. The average molecular weight is 229 g/mol. The fourth-order valence-corrected chi connectivity index (χ4v) is 1.33. The molecule has 0 aliphatic carbocycles. The molecule has 0 radical (unpaired) electrons. The number of unbranched alkanes of at least 4 members (excludes halogenated alkanes) is 2. The van der Waals surface area contributed by atoms with Crippen LogP contribution in [0.2, 0.25) is 0 Å². The lowest BCUT2D eigenvalue weighted by molar-refractivity contribution is 0.0332. The summed E-state index contributed by atoms with van der Waals surface area (Å²) in [5.41, 5.74) is 0.253. The van der Waals surface area contributed by atoms with Crippen LogP contribution in [-0.4, -0.2) is 24.8 Å². The molecule has 0 aromatic rings. The largest absolute Gasteiger partial charge is 0.378 e. The molecule has 0 aromatic carbocycles. The first-order valence-corrected chi connectivity index (χ1v) is 6.69. The molecule has 1 atom stereocenters. The Balaban J connectivity index is 3.22. The topological polar surface area (TPSA) is 21.3 Å². The summed E-state index contributed by atoms with van der Waals surface area (Å²) in [6.07, 6.45) is 4.08. The van der Waals surface area contributed by atoms with Gasteiger partial charge in [0.1, 0.15) is 0 Å². The zero-order valence-electron chi connectivity index (χ0n) is 12.1. The van der Waals surface area contributed by atoms with Crippen LogP contribution in [-0.2, 0) is 4.74 Å². The van der Waals surface area contributed by atoms with E-state index in [1.165, 1.54) is 19.3 Å². The highest BCUT2D eigenvalue weighted by molar-refractivity contribution is 4.69. The van der Waals surface area contributed by atoms with E-state index in [2.05, 4.69) is 46.9 Å². The average Bonchev–Trinajstić information content (AvgIpc) is 2.14. The van der Waals surface area contributed by atoms with Crippen molar-refractivity contribution in [2.75, 3.05) is 13.2 Å². The molecule has 0 fully saturated rings. The van der Waals surface area contributed by atoms with E-state index in [1.54, 1.807) is 0 Å². The molecular weight excluding hydrogens is 198 g/mol. The molecule has 98 valence electrons. The molecule has 0 rings (SSSR count). The van der Waals surface area contributed by atoms with Gasteiger partial charge in [-0.3, -0.25) is 0 Å². The van der Waals surface area contributed by atoms with Crippen LogP contribution in [0.15, 0.2) is 0 Å². The third kappa shape index (κ3) is 10.4. The second-order valence-electron chi connectivity index (χ2n) is 6.06. The molecule has 0 heterocycles. The molecule has 0 saturated heterocycles. The van der Waals surface area contributed by atoms with Gasteiger partial charge in [0.2, 0.25) is 0 Å². The molecular formula is C14H31NO. The monoisotopic (exact) mass is 229 g/mol. The van der Waals surface area contributed by atoms with E-state index < -0.39 is 0 Å². The molecule has 0 aromatic heterocycles. The minimum atomic E-state index is 0.253. The summed E-state index contributed by atoms with van der Waals surface area (Å²) in [5, 5.41) is 3.50. The van der Waals surface area contributed by atoms with Gasteiger partial charge in [0.15, 0.2) is 0 Å². The van der Waals surface area contributed by atoms with Gasteiger partial charge in [0, 0.05) is 12.1 Å². The van der Waals surface area contributed by atoms with Crippen molar-refractivity contribution in [1.82, 2.24) is 5.32 Å². The molecule has 0 aliphatic heterocycles. The van der Waals surface area contributed by atoms with Gasteiger partial charge in [-0.1, -0.05) is 13.8 Å². The van der Waals surface area contributed by atoms with E-state index >= 15 is 0 Å². The Hall–Kier alpha value is -0.0800. The third-order valence-corrected chi connectivity index (χ3v) is 2.80. The molecule has 2 heteroatoms. The number of rotatable bonds is 8. The molecule has 0 amide bonds. The molecule has 1 N–H and O–H groups in total. The summed E-state index contributed by atoms with van der Waals surface area (Å²) in [5.74, 6) is 0.627. The Morgan fingerprint density at radius 3 is 2.12 bits per heavy atom. The first-order valence-electron chi connectivity index (χ1n) is 6.69. The van der Waals surface area contributed by atoms with Crippen LogP contribution in [0.25, 0.3) is 0 Å². The van der Waals surface area contributed by atoms with Crippen LogP contribution in [0, 0.1) is 5.92 Å². The van der Waals surface area contributed by atoms with Gasteiger partial charge in [-0.25, -0.2) is 0 Å². The van der Waals surface area contributed by atoms with Crippen LogP contribution < -0.4 is 5.32 Å². The predicted molar refractivity (Wildman–Crippen MR) is 71.9 cm³/mol. The van der Waals surface area contributed by atoms with E-state index in [1.807, 2.05) is 0 Å². The zero-order valence-corrected chi connectivity index (χ0v) is 12.1. The second kappa shape index (κ2) is 8.08. The lowest BCUT2D eigenvalue weighted by Gasteiger charge is -2.20. The fraction of sp³-hybridized carbons (Fsp3) is 1.00. The molecule has 0 saturated carbocycles. The molecule has 0 spiro atoms. The first kappa shape index (κ1) is 15.9. The molecule has 2 nitrogen and oxygen atoms in total. The van der Waals surface area contributed by atoms with Gasteiger partial charge in [0.05, 0.1) is 6.10 Å². The third-order valence-electron chi connectivity index (χ3n) is 2.80. The van der Waals surface area contributed by atoms with Crippen LogP contribution in [0.4, 0.5) is 0 Å². The minimum Gasteiger partial charge on any atom is -0.378 e. The number of hydrogen-bond donors (Lipinski definition) is 1. The van der Waals surface area contributed by atoms with Crippen LogP contribution in [0.3, 0.4) is 0 Å². The smallest absolute Gasteiger partial charge is 0.0569 e. The van der Waals surface area contributed by atoms with Gasteiger partial charge >= 0.3 is 0 Å². The zero-order chi connectivity index (χ0) is 12.6. The number of ether oxygens (including phenoxy) is 1. The maximum atomic E-state index is 5.73. The molecule has 0 aliphatic rings. The fourth-order valence-electron chi connectivity index (χ4n) is 1.33. The summed E-state index contributed by atoms with van der Waals surface area (Å²) in [4.78, 5) is 0. The lowest BCUT2D eigenvalue weighted by Crippen LogP contribution is -2.36. The maximum absolute atomic E-state index is 5.73. The Kier molecular flexibility index (Phi) is 8.04. The second-order valence-corrected chi connectivity index (χ2v) is 6.06. The van der Waals surface area contributed by atoms with Gasteiger partial charge in [-0.2, -0.15) is 0 Å². The lowest BCUT2D eigenvalue weighted by atomic mass is 10.1. The molecule has 1 unspecified atom stereocenters. The van der Waals surface area contributed by atoms with Crippen molar-refractivity contribution in [2.45, 2.75) is 72.4 Å². The van der Waals surface area contributed by atoms with Gasteiger partial charge in [-0.15, -0.1) is 0 Å².